The molecule has 98 valence electrons. The lowest BCUT2D eigenvalue weighted by molar-refractivity contribution is 0.509. The average molecular weight is 259 g/mol. The molecular formula is C16H15F2N. The Balaban J connectivity index is 1.71. The van der Waals surface area contributed by atoms with Gasteiger partial charge >= 0.3 is 0 Å². The van der Waals surface area contributed by atoms with Crippen molar-refractivity contribution < 1.29 is 8.78 Å². The molecule has 0 unspecified atom stereocenters. The summed E-state index contributed by atoms with van der Waals surface area (Å²) in [6.45, 7) is 0.752. The SMILES string of the molecule is Fc1ccc(NCC2(c3ccccc3)CC2)cc1F. The molecule has 1 saturated carbocycles. The summed E-state index contributed by atoms with van der Waals surface area (Å²) in [5, 5.41) is 3.21. The van der Waals surface area contributed by atoms with Crippen molar-refractivity contribution in [1.82, 2.24) is 0 Å². The second kappa shape index (κ2) is 4.65. The molecule has 1 N–H and O–H groups in total. The predicted octanol–water partition coefficient (Wildman–Crippen LogP) is 4.11. The zero-order valence-electron chi connectivity index (χ0n) is 10.5. The molecule has 0 atom stereocenters. The highest BCUT2D eigenvalue weighted by Gasteiger charge is 2.43. The molecule has 1 fully saturated rings. The third kappa shape index (κ3) is 2.46. The third-order valence-electron chi connectivity index (χ3n) is 3.79. The number of hydrogen-bond acceptors (Lipinski definition) is 1. The average Bonchev–Trinajstić information content (AvgIpc) is 3.22. The first-order valence-electron chi connectivity index (χ1n) is 6.44. The summed E-state index contributed by atoms with van der Waals surface area (Å²) >= 11 is 0. The zero-order chi connectivity index (χ0) is 13.3. The molecule has 0 radical (unpaired) electrons. The van der Waals surface area contributed by atoms with E-state index in [4.69, 9.17) is 0 Å². The van der Waals surface area contributed by atoms with Crippen molar-refractivity contribution in [2.24, 2.45) is 0 Å². The Morgan fingerprint density at radius 1 is 0.947 bits per heavy atom. The monoisotopic (exact) mass is 259 g/mol. The van der Waals surface area contributed by atoms with Gasteiger partial charge in [0.05, 0.1) is 0 Å². The van der Waals surface area contributed by atoms with Crippen LogP contribution in [-0.4, -0.2) is 6.54 Å². The molecule has 3 rings (SSSR count). The van der Waals surface area contributed by atoms with Crippen molar-refractivity contribution in [1.29, 1.82) is 0 Å². The largest absolute Gasteiger partial charge is 0.384 e. The maximum atomic E-state index is 13.1. The van der Waals surface area contributed by atoms with Gasteiger partial charge in [0.15, 0.2) is 11.6 Å². The smallest absolute Gasteiger partial charge is 0.160 e. The maximum absolute atomic E-state index is 13.1. The van der Waals surface area contributed by atoms with Crippen LogP contribution in [0.15, 0.2) is 48.5 Å². The van der Waals surface area contributed by atoms with Crippen LogP contribution in [0.1, 0.15) is 18.4 Å². The normalized spacial score (nSPS) is 16.1. The first-order valence-corrected chi connectivity index (χ1v) is 6.44. The minimum absolute atomic E-state index is 0.159. The number of anilines is 1. The van der Waals surface area contributed by atoms with Gasteiger partial charge in [-0.05, 0) is 36.6 Å². The number of rotatable bonds is 4. The predicted molar refractivity (Wildman–Crippen MR) is 72.2 cm³/mol. The van der Waals surface area contributed by atoms with E-state index in [0.29, 0.717) is 5.69 Å². The summed E-state index contributed by atoms with van der Waals surface area (Å²) < 4.78 is 26.0. The number of nitrogens with one attached hydrogen (secondary N) is 1. The van der Waals surface area contributed by atoms with Crippen LogP contribution >= 0.6 is 0 Å². The third-order valence-corrected chi connectivity index (χ3v) is 3.79. The van der Waals surface area contributed by atoms with E-state index < -0.39 is 11.6 Å². The summed E-state index contributed by atoms with van der Waals surface area (Å²) in [5.41, 5.74) is 2.10. The van der Waals surface area contributed by atoms with Crippen LogP contribution < -0.4 is 5.32 Å². The molecule has 1 aliphatic carbocycles. The van der Waals surface area contributed by atoms with Crippen LogP contribution in [0.5, 0.6) is 0 Å². The van der Waals surface area contributed by atoms with E-state index in [0.717, 1.165) is 25.5 Å². The van der Waals surface area contributed by atoms with E-state index in [1.165, 1.54) is 11.6 Å². The van der Waals surface area contributed by atoms with Gasteiger partial charge in [-0.25, -0.2) is 8.78 Å². The van der Waals surface area contributed by atoms with Crippen molar-refractivity contribution >= 4 is 5.69 Å². The lowest BCUT2D eigenvalue weighted by atomic mass is 9.96. The summed E-state index contributed by atoms with van der Waals surface area (Å²) in [4.78, 5) is 0. The fourth-order valence-corrected chi connectivity index (χ4v) is 2.39. The van der Waals surface area contributed by atoms with Gasteiger partial charge in [0.1, 0.15) is 0 Å². The Hall–Kier alpha value is -1.90. The quantitative estimate of drug-likeness (QED) is 0.871. The molecule has 0 heterocycles. The molecule has 2 aromatic rings. The Morgan fingerprint density at radius 3 is 2.32 bits per heavy atom. The van der Waals surface area contributed by atoms with Gasteiger partial charge in [-0.3, -0.25) is 0 Å². The topological polar surface area (TPSA) is 12.0 Å². The molecule has 19 heavy (non-hydrogen) atoms. The van der Waals surface area contributed by atoms with Crippen LogP contribution in [0, 0.1) is 11.6 Å². The van der Waals surface area contributed by atoms with E-state index in [2.05, 4.69) is 17.4 Å². The summed E-state index contributed by atoms with van der Waals surface area (Å²) in [6.07, 6.45) is 2.27. The van der Waals surface area contributed by atoms with Crippen molar-refractivity contribution in [2.45, 2.75) is 18.3 Å². The lowest BCUT2D eigenvalue weighted by Gasteiger charge is -2.17. The van der Waals surface area contributed by atoms with Crippen LogP contribution in [0.25, 0.3) is 0 Å². The van der Waals surface area contributed by atoms with Crippen molar-refractivity contribution in [3.05, 3.63) is 65.7 Å². The fourth-order valence-electron chi connectivity index (χ4n) is 2.39. The fraction of sp³-hybridized carbons (Fsp3) is 0.250. The Kier molecular flexibility index (Phi) is 2.97. The van der Waals surface area contributed by atoms with Gasteiger partial charge in [-0.15, -0.1) is 0 Å². The van der Waals surface area contributed by atoms with Gasteiger partial charge in [-0.2, -0.15) is 0 Å². The molecule has 0 aromatic heterocycles. The van der Waals surface area contributed by atoms with Crippen molar-refractivity contribution in [3.63, 3.8) is 0 Å². The first kappa shape index (κ1) is 12.2. The second-order valence-corrected chi connectivity index (χ2v) is 5.13. The van der Waals surface area contributed by atoms with E-state index in [1.807, 2.05) is 18.2 Å². The molecule has 0 saturated heterocycles. The molecular weight excluding hydrogens is 244 g/mol. The zero-order valence-corrected chi connectivity index (χ0v) is 10.5. The first-order chi connectivity index (χ1) is 9.20. The lowest BCUT2D eigenvalue weighted by Crippen LogP contribution is -2.19. The number of benzene rings is 2. The Morgan fingerprint density at radius 2 is 1.68 bits per heavy atom. The molecule has 0 bridgehead atoms. The molecule has 2 aromatic carbocycles. The summed E-state index contributed by atoms with van der Waals surface area (Å²) in [7, 11) is 0. The molecule has 0 aliphatic heterocycles. The summed E-state index contributed by atoms with van der Waals surface area (Å²) in [5.74, 6) is -1.62. The van der Waals surface area contributed by atoms with Gasteiger partial charge < -0.3 is 5.32 Å². The molecule has 1 nitrogen and oxygen atoms in total. The molecule has 1 aliphatic rings. The Labute approximate surface area is 111 Å². The van der Waals surface area contributed by atoms with Crippen LogP contribution in [0.3, 0.4) is 0 Å². The second-order valence-electron chi connectivity index (χ2n) is 5.13. The minimum atomic E-state index is -0.811. The van der Waals surface area contributed by atoms with E-state index >= 15 is 0 Å². The van der Waals surface area contributed by atoms with Gasteiger partial charge in [0.2, 0.25) is 0 Å². The number of hydrogen-bond donors (Lipinski definition) is 1. The molecule has 0 spiro atoms. The minimum Gasteiger partial charge on any atom is -0.384 e. The standard InChI is InChI=1S/C16H15F2N/c17-14-7-6-13(10-15(14)18)19-11-16(8-9-16)12-4-2-1-3-5-12/h1-7,10,19H,8-9,11H2. The van der Waals surface area contributed by atoms with E-state index in [9.17, 15) is 8.78 Å². The van der Waals surface area contributed by atoms with E-state index in [-0.39, 0.29) is 5.41 Å². The highest BCUT2D eigenvalue weighted by atomic mass is 19.2. The van der Waals surface area contributed by atoms with Crippen LogP contribution in [-0.2, 0) is 5.41 Å². The number of halogens is 2. The van der Waals surface area contributed by atoms with Gasteiger partial charge in [0, 0.05) is 17.6 Å². The highest BCUT2D eigenvalue weighted by molar-refractivity contribution is 5.45. The van der Waals surface area contributed by atoms with E-state index in [1.54, 1.807) is 6.07 Å². The summed E-state index contributed by atoms with van der Waals surface area (Å²) in [6, 6.07) is 14.2. The molecule has 3 heteroatoms. The molecule has 0 amide bonds. The van der Waals surface area contributed by atoms with Gasteiger partial charge in [-0.1, -0.05) is 30.3 Å². The van der Waals surface area contributed by atoms with Crippen LogP contribution in [0.4, 0.5) is 14.5 Å². The highest BCUT2D eigenvalue weighted by Crippen LogP contribution is 2.48. The maximum Gasteiger partial charge on any atom is 0.160 e. The van der Waals surface area contributed by atoms with Crippen molar-refractivity contribution in [2.75, 3.05) is 11.9 Å². The van der Waals surface area contributed by atoms with Crippen LogP contribution in [0.2, 0.25) is 0 Å². The van der Waals surface area contributed by atoms with Gasteiger partial charge in [0.25, 0.3) is 0 Å². The Bertz CT molecular complexity index is 577. The van der Waals surface area contributed by atoms with Crippen molar-refractivity contribution in [3.8, 4) is 0 Å².